The molecule has 1 aromatic heterocycles. The van der Waals surface area contributed by atoms with Gasteiger partial charge in [-0.05, 0) is 48.1 Å². The number of nitrogens with zero attached hydrogens (tertiary/aromatic N) is 3. The summed E-state index contributed by atoms with van der Waals surface area (Å²) in [6.07, 6.45) is 1.59. The van der Waals surface area contributed by atoms with E-state index < -0.39 is 0 Å². The third-order valence-electron chi connectivity index (χ3n) is 3.21. The molecule has 1 heterocycles. The van der Waals surface area contributed by atoms with Gasteiger partial charge in [-0.1, -0.05) is 52.5 Å². The van der Waals surface area contributed by atoms with Crippen molar-refractivity contribution in [3.63, 3.8) is 0 Å². The molecule has 0 radical (unpaired) electrons. The number of hydrogen-bond acceptors (Lipinski definition) is 3. The lowest BCUT2D eigenvalue weighted by Gasteiger charge is -2.08. The first-order valence-electron chi connectivity index (χ1n) is 7.26. The highest BCUT2D eigenvalue weighted by Gasteiger charge is 2.07. The van der Waals surface area contributed by atoms with Crippen LogP contribution in [-0.2, 0) is 6.54 Å². The van der Waals surface area contributed by atoms with Crippen molar-refractivity contribution in [2.75, 3.05) is 10.6 Å². The maximum absolute atomic E-state index is 6.02. The highest BCUT2D eigenvalue weighted by atomic mass is 35.5. The van der Waals surface area contributed by atoms with E-state index in [9.17, 15) is 0 Å². The first-order valence-corrected chi connectivity index (χ1v) is 9.18. The van der Waals surface area contributed by atoms with Crippen LogP contribution in [0.25, 0.3) is 0 Å². The molecule has 0 fully saturated rings. The second-order valence-corrected chi connectivity index (χ2v) is 7.35. The van der Waals surface area contributed by atoms with Gasteiger partial charge < -0.3 is 5.32 Å². The number of rotatable bonds is 4. The highest BCUT2D eigenvalue weighted by Crippen LogP contribution is 2.23. The summed E-state index contributed by atoms with van der Waals surface area (Å²) < 4.78 is 1.65. The van der Waals surface area contributed by atoms with E-state index in [1.807, 2.05) is 6.07 Å². The quantitative estimate of drug-likeness (QED) is 0.499. The van der Waals surface area contributed by atoms with Crippen molar-refractivity contribution in [3.8, 4) is 0 Å². The summed E-state index contributed by atoms with van der Waals surface area (Å²) in [5.74, 6) is 0.357. The lowest BCUT2D eigenvalue weighted by atomic mass is 10.2. The molecule has 3 rings (SSSR count). The number of aromatic nitrogens is 3. The summed E-state index contributed by atoms with van der Waals surface area (Å²) in [6.45, 7) is 0.496. The Hall–Kier alpha value is -1.57. The van der Waals surface area contributed by atoms with Crippen molar-refractivity contribution in [2.45, 2.75) is 6.54 Å². The van der Waals surface area contributed by atoms with E-state index in [4.69, 9.17) is 58.6 Å². The summed E-state index contributed by atoms with van der Waals surface area (Å²) in [4.78, 5) is 4.17. The minimum atomic E-state index is 0.315. The largest absolute Gasteiger partial charge is 0.332 e. The highest BCUT2D eigenvalue weighted by molar-refractivity contribution is 7.80. The average molecular weight is 447 g/mol. The molecule has 5 nitrogen and oxygen atoms in total. The van der Waals surface area contributed by atoms with Crippen LogP contribution < -0.4 is 10.6 Å². The van der Waals surface area contributed by atoms with E-state index in [0.717, 1.165) is 5.56 Å². The SMILES string of the molecule is S=C(Nc1cc(Cl)cc(Cl)c1)Nc1ncn(Cc2ccc(Cl)c(Cl)c2)n1. The van der Waals surface area contributed by atoms with E-state index in [1.54, 1.807) is 41.3 Å². The normalized spacial score (nSPS) is 10.6. The molecule has 0 saturated heterocycles. The summed E-state index contributed by atoms with van der Waals surface area (Å²) >= 11 is 29.1. The predicted octanol–water partition coefficient (Wildman–Crippen LogP) is 5.75. The van der Waals surface area contributed by atoms with Crippen LogP contribution in [0.3, 0.4) is 0 Å². The zero-order valence-electron chi connectivity index (χ0n) is 13.0. The van der Waals surface area contributed by atoms with E-state index in [0.29, 0.717) is 43.4 Å². The predicted molar refractivity (Wildman–Crippen MR) is 112 cm³/mol. The van der Waals surface area contributed by atoms with Gasteiger partial charge in [0.2, 0.25) is 5.95 Å². The second kappa shape index (κ2) is 8.41. The molecule has 3 aromatic rings. The Morgan fingerprint density at radius 3 is 2.38 bits per heavy atom. The number of hydrogen-bond donors (Lipinski definition) is 2. The van der Waals surface area contributed by atoms with Crippen LogP contribution in [0.4, 0.5) is 11.6 Å². The van der Waals surface area contributed by atoms with Crippen LogP contribution in [0, 0.1) is 0 Å². The van der Waals surface area contributed by atoms with E-state index in [-0.39, 0.29) is 0 Å². The molecule has 0 atom stereocenters. The summed E-state index contributed by atoms with van der Waals surface area (Å²) in [5.41, 5.74) is 1.61. The van der Waals surface area contributed by atoms with Crippen molar-refractivity contribution >= 4 is 75.4 Å². The smallest absolute Gasteiger partial charge is 0.248 e. The maximum Gasteiger partial charge on any atom is 0.248 e. The van der Waals surface area contributed by atoms with Crippen LogP contribution >= 0.6 is 58.6 Å². The van der Waals surface area contributed by atoms with Crippen molar-refractivity contribution in [3.05, 3.63) is 68.4 Å². The molecule has 0 saturated carbocycles. The molecule has 134 valence electrons. The first kappa shape index (κ1) is 19.2. The molecule has 2 N–H and O–H groups in total. The van der Waals surface area contributed by atoms with E-state index >= 15 is 0 Å². The van der Waals surface area contributed by atoms with Gasteiger partial charge in [-0.2, -0.15) is 0 Å². The summed E-state index contributed by atoms with van der Waals surface area (Å²) in [5, 5.41) is 12.5. The van der Waals surface area contributed by atoms with E-state index in [2.05, 4.69) is 20.7 Å². The van der Waals surface area contributed by atoms with Crippen molar-refractivity contribution < 1.29 is 0 Å². The van der Waals surface area contributed by atoms with Crippen molar-refractivity contribution in [1.82, 2.24) is 14.8 Å². The molecule has 26 heavy (non-hydrogen) atoms. The fourth-order valence-corrected chi connectivity index (χ4v) is 3.20. The number of thiocarbonyl (C=S) groups is 1. The summed E-state index contributed by atoms with van der Waals surface area (Å²) in [7, 11) is 0. The molecule has 0 unspecified atom stereocenters. The Bertz CT molecular complexity index is 939. The van der Waals surface area contributed by atoms with Gasteiger partial charge in [0.15, 0.2) is 5.11 Å². The third kappa shape index (κ3) is 5.22. The topological polar surface area (TPSA) is 54.8 Å². The molecule has 0 aliphatic rings. The lowest BCUT2D eigenvalue weighted by molar-refractivity contribution is 0.687. The van der Waals surface area contributed by atoms with Crippen LogP contribution in [0.15, 0.2) is 42.7 Å². The minimum absolute atomic E-state index is 0.315. The van der Waals surface area contributed by atoms with Gasteiger partial charge in [0.25, 0.3) is 0 Å². The monoisotopic (exact) mass is 445 g/mol. The molecule has 2 aromatic carbocycles. The molecule has 0 bridgehead atoms. The van der Waals surface area contributed by atoms with Crippen LogP contribution in [0.5, 0.6) is 0 Å². The molecule has 0 spiro atoms. The Morgan fingerprint density at radius 2 is 1.69 bits per heavy atom. The Balaban J connectivity index is 1.62. The molecule has 0 aliphatic heterocycles. The molecular weight excluding hydrogens is 436 g/mol. The van der Waals surface area contributed by atoms with Gasteiger partial charge in [0.05, 0.1) is 16.6 Å². The van der Waals surface area contributed by atoms with Gasteiger partial charge in [-0.15, -0.1) is 5.10 Å². The molecule has 10 heteroatoms. The summed E-state index contributed by atoms with van der Waals surface area (Å²) in [6, 6.07) is 10.4. The van der Waals surface area contributed by atoms with Crippen LogP contribution in [0.2, 0.25) is 20.1 Å². The number of nitrogens with one attached hydrogen (secondary N) is 2. The molecule has 0 amide bonds. The van der Waals surface area contributed by atoms with Gasteiger partial charge in [0.1, 0.15) is 6.33 Å². The Morgan fingerprint density at radius 1 is 0.962 bits per heavy atom. The lowest BCUT2D eigenvalue weighted by Crippen LogP contribution is -2.20. The standard InChI is InChI=1S/C16H11Cl4N5S/c17-10-4-11(18)6-12(5-10)22-16(26)23-15-21-8-25(24-15)7-9-1-2-13(19)14(20)3-9/h1-6,8H,7H2,(H2,22,23,24,26). The third-order valence-corrected chi connectivity index (χ3v) is 4.59. The maximum atomic E-state index is 6.02. The fourth-order valence-electron chi connectivity index (χ4n) is 2.14. The molecular formula is C16H11Cl4N5S. The first-order chi connectivity index (χ1) is 12.4. The fraction of sp³-hybridized carbons (Fsp3) is 0.0625. The van der Waals surface area contributed by atoms with Gasteiger partial charge in [-0.25, -0.2) is 9.67 Å². The average Bonchev–Trinajstić information content (AvgIpc) is 2.96. The Kier molecular flexibility index (Phi) is 6.21. The van der Waals surface area contributed by atoms with Gasteiger partial charge >= 0.3 is 0 Å². The Labute approximate surface area is 175 Å². The van der Waals surface area contributed by atoms with E-state index in [1.165, 1.54) is 0 Å². The van der Waals surface area contributed by atoms with Crippen LogP contribution in [0.1, 0.15) is 5.56 Å². The van der Waals surface area contributed by atoms with Crippen molar-refractivity contribution in [2.24, 2.45) is 0 Å². The zero-order chi connectivity index (χ0) is 18.7. The minimum Gasteiger partial charge on any atom is -0.332 e. The second-order valence-electron chi connectivity index (χ2n) is 5.25. The van der Waals surface area contributed by atoms with Gasteiger partial charge in [0, 0.05) is 15.7 Å². The van der Waals surface area contributed by atoms with Crippen molar-refractivity contribution in [1.29, 1.82) is 0 Å². The molecule has 0 aliphatic carbocycles. The van der Waals surface area contributed by atoms with Gasteiger partial charge in [-0.3, -0.25) is 5.32 Å². The number of halogens is 4. The number of benzene rings is 2. The number of anilines is 2. The zero-order valence-corrected chi connectivity index (χ0v) is 16.9. The van der Waals surface area contributed by atoms with Crippen LogP contribution in [-0.4, -0.2) is 19.9 Å².